The molecule has 4 rings (SSSR count). The van der Waals surface area contributed by atoms with Crippen LogP contribution in [0.5, 0.6) is 0 Å². The summed E-state index contributed by atoms with van der Waals surface area (Å²) in [6.45, 7) is 5.33. The number of nitrogens with one attached hydrogen (secondary N) is 1. The molecule has 3 aromatic rings. The maximum Gasteiger partial charge on any atom is 0.268 e. The van der Waals surface area contributed by atoms with Gasteiger partial charge in [0, 0.05) is 12.6 Å². The van der Waals surface area contributed by atoms with Gasteiger partial charge in [-0.2, -0.15) is 0 Å². The molecule has 7 nitrogen and oxygen atoms in total. The molecule has 0 bridgehead atoms. The van der Waals surface area contributed by atoms with Crippen LogP contribution in [0.1, 0.15) is 41.4 Å². The summed E-state index contributed by atoms with van der Waals surface area (Å²) in [5, 5.41) is 12.6. The summed E-state index contributed by atoms with van der Waals surface area (Å²) in [4.78, 5) is 20.3. The van der Waals surface area contributed by atoms with E-state index < -0.39 is 0 Å². The lowest BCUT2D eigenvalue weighted by atomic mass is 10.0. The van der Waals surface area contributed by atoms with Crippen molar-refractivity contribution in [1.29, 1.82) is 0 Å². The van der Waals surface area contributed by atoms with E-state index in [0.717, 1.165) is 23.6 Å². The number of carbonyl (C=O) groups is 1. The molecule has 0 radical (unpaired) electrons. The molecule has 1 unspecified atom stereocenters. The average Bonchev–Trinajstić information content (AvgIpc) is 3.34. The van der Waals surface area contributed by atoms with Crippen molar-refractivity contribution in [2.24, 2.45) is 0 Å². The van der Waals surface area contributed by atoms with E-state index >= 15 is 0 Å². The van der Waals surface area contributed by atoms with Gasteiger partial charge in [0.25, 0.3) is 5.91 Å². The van der Waals surface area contributed by atoms with E-state index in [1.54, 1.807) is 23.3 Å². The number of hydrogen-bond acceptors (Lipinski definition) is 6. The molecule has 3 aromatic heterocycles. The van der Waals surface area contributed by atoms with Gasteiger partial charge in [-0.25, -0.2) is 9.67 Å². The summed E-state index contributed by atoms with van der Waals surface area (Å²) in [6.07, 6.45) is 8.73. The Morgan fingerprint density at radius 3 is 3.00 bits per heavy atom. The van der Waals surface area contributed by atoms with Gasteiger partial charge in [-0.05, 0) is 56.2 Å². The first-order valence-corrected chi connectivity index (χ1v) is 10.0. The highest BCUT2D eigenvalue weighted by atomic mass is 32.1. The van der Waals surface area contributed by atoms with Crippen LogP contribution in [0.2, 0.25) is 0 Å². The number of nitrogens with zero attached hydrogens (tertiary/aromatic N) is 5. The zero-order valence-electron chi connectivity index (χ0n) is 15.4. The van der Waals surface area contributed by atoms with Gasteiger partial charge in [0.1, 0.15) is 10.7 Å². The zero-order valence-corrected chi connectivity index (χ0v) is 16.2. The number of pyridine rings is 1. The van der Waals surface area contributed by atoms with Crippen LogP contribution < -0.4 is 10.2 Å². The topological polar surface area (TPSA) is 75.9 Å². The normalized spacial score (nSPS) is 17.1. The maximum absolute atomic E-state index is 12.7. The summed E-state index contributed by atoms with van der Waals surface area (Å²) in [6, 6.07) is 4.35. The third-order valence-electron chi connectivity index (χ3n) is 4.90. The molecule has 0 aliphatic carbocycles. The van der Waals surface area contributed by atoms with Gasteiger partial charge in [-0.3, -0.25) is 4.79 Å². The van der Waals surface area contributed by atoms with Crippen molar-refractivity contribution in [3.8, 4) is 5.69 Å². The van der Waals surface area contributed by atoms with Crippen LogP contribution in [0, 0.1) is 6.92 Å². The Morgan fingerprint density at radius 2 is 2.26 bits per heavy atom. The van der Waals surface area contributed by atoms with Crippen molar-refractivity contribution in [3.63, 3.8) is 0 Å². The highest BCUT2D eigenvalue weighted by Gasteiger charge is 2.22. The fourth-order valence-corrected chi connectivity index (χ4v) is 4.30. The zero-order chi connectivity index (χ0) is 18.8. The van der Waals surface area contributed by atoms with Crippen molar-refractivity contribution in [2.75, 3.05) is 16.8 Å². The van der Waals surface area contributed by atoms with Gasteiger partial charge in [-0.15, -0.1) is 16.4 Å². The van der Waals surface area contributed by atoms with Crippen LogP contribution in [0.25, 0.3) is 5.69 Å². The van der Waals surface area contributed by atoms with Crippen LogP contribution in [-0.2, 0) is 0 Å². The lowest BCUT2D eigenvalue weighted by Crippen LogP contribution is -2.38. The van der Waals surface area contributed by atoms with E-state index in [0.29, 0.717) is 16.6 Å². The molecule has 1 atom stereocenters. The molecule has 1 fully saturated rings. The molecular formula is C19H22N6OS. The summed E-state index contributed by atoms with van der Waals surface area (Å²) in [7, 11) is 0. The van der Waals surface area contributed by atoms with Crippen LogP contribution in [0.4, 0.5) is 11.5 Å². The predicted octanol–water partition coefficient (Wildman–Crippen LogP) is 3.66. The van der Waals surface area contributed by atoms with Gasteiger partial charge in [0.2, 0.25) is 0 Å². The second-order valence-electron chi connectivity index (χ2n) is 6.84. The van der Waals surface area contributed by atoms with E-state index in [2.05, 4.69) is 32.4 Å². The van der Waals surface area contributed by atoms with E-state index in [1.807, 2.05) is 24.4 Å². The Bertz CT molecular complexity index is 936. The highest BCUT2D eigenvalue weighted by molar-refractivity contribution is 7.12. The fourth-order valence-electron chi connectivity index (χ4n) is 3.53. The van der Waals surface area contributed by atoms with Gasteiger partial charge < -0.3 is 10.2 Å². The molecule has 0 saturated carbocycles. The van der Waals surface area contributed by atoms with Crippen LogP contribution in [0.3, 0.4) is 0 Å². The molecule has 1 N–H and O–H groups in total. The molecular weight excluding hydrogens is 360 g/mol. The Balaban J connectivity index is 1.53. The minimum atomic E-state index is -0.171. The van der Waals surface area contributed by atoms with E-state index in [1.165, 1.54) is 30.6 Å². The number of rotatable bonds is 4. The van der Waals surface area contributed by atoms with Crippen molar-refractivity contribution in [3.05, 3.63) is 46.5 Å². The second kappa shape index (κ2) is 7.48. The highest BCUT2D eigenvalue weighted by Crippen LogP contribution is 2.28. The first-order valence-electron chi connectivity index (χ1n) is 9.12. The number of anilines is 2. The first kappa shape index (κ1) is 17.7. The number of piperidine rings is 1. The second-order valence-corrected chi connectivity index (χ2v) is 7.76. The smallest absolute Gasteiger partial charge is 0.268 e. The summed E-state index contributed by atoms with van der Waals surface area (Å²) in [5.41, 5.74) is 2.49. The van der Waals surface area contributed by atoms with Crippen molar-refractivity contribution < 1.29 is 4.79 Å². The minimum absolute atomic E-state index is 0.171. The number of aromatic nitrogens is 4. The van der Waals surface area contributed by atoms with Crippen molar-refractivity contribution in [1.82, 2.24) is 20.0 Å². The molecule has 1 aliphatic rings. The van der Waals surface area contributed by atoms with E-state index in [4.69, 9.17) is 0 Å². The predicted molar refractivity (Wildman–Crippen MR) is 107 cm³/mol. The largest absolute Gasteiger partial charge is 0.354 e. The van der Waals surface area contributed by atoms with Crippen LogP contribution >= 0.6 is 11.3 Å². The number of thiophene rings is 1. The Hall–Kier alpha value is -2.74. The van der Waals surface area contributed by atoms with Crippen molar-refractivity contribution in [2.45, 2.75) is 39.2 Å². The summed E-state index contributed by atoms with van der Waals surface area (Å²) in [5.74, 6) is 0.843. The number of carbonyl (C=O) groups excluding carboxylic acids is 1. The Morgan fingerprint density at radius 1 is 1.37 bits per heavy atom. The standard InChI is InChI=1S/C19H22N6OS/c1-13-11-15(12-20-18(13)24-8-4-3-5-14(24)2)22-19(26)17-16(6-10-27-17)25-9-7-21-23-25/h6-7,9-12,14H,3-5,8H2,1-2H3,(H,22,26). The molecule has 0 aromatic carbocycles. The fraction of sp³-hybridized carbons (Fsp3) is 0.368. The molecule has 1 aliphatic heterocycles. The van der Waals surface area contributed by atoms with Gasteiger partial charge in [0.15, 0.2) is 0 Å². The molecule has 8 heteroatoms. The summed E-state index contributed by atoms with van der Waals surface area (Å²) >= 11 is 1.38. The number of aryl methyl sites for hydroxylation is 1. The molecule has 140 valence electrons. The molecule has 0 spiro atoms. The minimum Gasteiger partial charge on any atom is -0.354 e. The van der Waals surface area contributed by atoms with E-state index in [-0.39, 0.29) is 5.91 Å². The monoisotopic (exact) mass is 382 g/mol. The molecule has 4 heterocycles. The van der Waals surface area contributed by atoms with Crippen LogP contribution in [-0.4, -0.2) is 38.5 Å². The number of amides is 1. The average molecular weight is 382 g/mol. The van der Waals surface area contributed by atoms with Gasteiger partial charge in [-0.1, -0.05) is 5.21 Å². The quantitative estimate of drug-likeness (QED) is 0.745. The SMILES string of the molecule is Cc1cc(NC(=O)c2sccc2-n2ccnn2)cnc1N1CCCCC1C. The van der Waals surface area contributed by atoms with Crippen LogP contribution in [0.15, 0.2) is 36.1 Å². The third-order valence-corrected chi connectivity index (χ3v) is 5.81. The lowest BCUT2D eigenvalue weighted by Gasteiger charge is -2.35. The summed E-state index contributed by atoms with van der Waals surface area (Å²) < 4.78 is 1.59. The van der Waals surface area contributed by atoms with E-state index in [9.17, 15) is 4.79 Å². The number of hydrogen-bond donors (Lipinski definition) is 1. The molecule has 1 amide bonds. The van der Waals surface area contributed by atoms with Crippen molar-refractivity contribution >= 4 is 28.7 Å². The third kappa shape index (κ3) is 3.57. The first-order chi connectivity index (χ1) is 13.1. The Labute approximate surface area is 162 Å². The van der Waals surface area contributed by atoms with Gasteiger partial charge >= 0.3 is 0 Å². The Kier molecular flexibility index (Phi) is 4.89. The molecule has 27 heavy (non-hydrogen) atoms. The van der Waals surface area contributed by atoms with Gasteiger partial charge in [0.05, 0.1) is 30.0 Å². The maximum atomic E-state index is 12.7. The molecule has 1 saturated heterocycles. The lowest BCUT2D eigenvalue weighted by molar-refractivity contribution is 0.103.